The lowest BCUT2D eigenvalue weighted by Gasteiger charge is -2.34. The van der Waals surface area contributed by atoms with Gasteiger partial charge in [-0.1, -0.05) is 0 Å². The molecule has 0 aromatic rings. The van der Waals surface area contributed by atoms with E-state index in [0.29, 0.717) is 25.0 Å². The van der Waals surface area contributed by atoms with Gasteiger partial charge in [0.1, 0.15) is 6.54 Å². The molecule has 1 aliphatic rings. The Hall–Kier alpha value is -1.10. The first kappa shape index (κ1) is 14.0. The monoisotopic (exact) mass is 243 g/mol. The zero-order valence-corrected chi connectivity index (χ0v) is 10.5. The van der Waals surface area contributed by atoms with E-state index in [-0.39, 0.29) is 18.4 Å². The molecule has 0 radical (unpaired) electrons. The third-order valence-corrected chi connectivity index (χ3v) is 2.80. The van der Waals surface area contributed by atoms with Crippen LogP contribution in [0.1, 0.15) is 33.1 Å². The lowest BCUT2D eigenvalue weighted by Crippen LogP contribution is -2.37. The molecule has 0 heterocycles. The van der Waals surface area contributed by atoms with Crippen LogP contribution in [-0.4, -0.2) is 37.7 Å². The Kier molecular flexibility index (Phi) is 5.97. The first-order valence-electron chi connectivity index (χ1n) is 6.19. The van der Waals surface area contributed by atoms with Crippen molar-refractivity contribution in [3.05, 3.63) is 0 Å². The number of hydrogen-bond acceptors (Lipinski definition) is 4. The van der Waals surface area contributed by atoms with Crippen LogP contribution in [0.4, 0.5) is 0 Å². The molecule has 0 aliphatic heterocycles. The van der Waals surface area contributed by atoms with Gasteiger partial charge >= 0.3 is 5.97 Å². The summed E-state index contributed by atoms with van der Waals surface area (Å²) in [4.78, 5) is 22.5. The summed E-state index contributed by atoms with van der Waals surface area (Å²) in [6.45, 7) is 4.75. The van der Waals surface area contributed by atoms with Crippen LogP contribution in [0.5, 0.6) is 0 Å². The molecule has 0 spiro atoms. The highest BCUT2D eigenvalue weighted by Crippen LogP contribution is 2.32. The Morgan fingerprint density at radius 3 is 2.53 bits per heavy atom. The molecule has 98 valence electrons. The van der Waals surface area contributed by atoms with Gasteiger partial charge in [0, 0.05) is 13.0 Å². The lowest BCUT2D eigenvalue weighted by molar-refractivity contribution is -0.143. The van der Waals surface area contributed by atoms with Crippen molar-refractivity contribution in [3.8, 4) is 0 Å². The van der Waals surface area contributed by atoms with Gasteiger partial charge in [0.15, 0.2) is 0 Å². The maximum Gasteiger partial charge on any atom is 0.325 e. The average Bonchev–Trinajstić information content (AvgIpc) is 2.24. The van der Waals surface area contributed by atoms with Gasteiger partial charge in [0.05, 0.1) is 12.7 Å². The van der Waals surface area contributed by atoms with Crippen LogP contribution in [0.2, 0.25) is 0 Å². The third-order valence-electron chi connectivity index (χ3n) is 2.80. The summed E-state index contributed by atoms with van der Waals surface area (Å²) < 4.78 is 10.1. The predicted octanol–water partition coefficient (Wildman–Crippen LogP) is 0.871. The fraction of sp³-hybridized carbons (Fsp3) is 0.833. The maximum atomic E-state index is 11.5. The number of carbonyl (C=O) groups is 2. The molecule has 5 nitrogen and oxygen atoms in total. The highest BCUT2D eigenvalue weighted by atomic mass is 16.5. The summed E-state index contributed by atoms with van der Waals surface area (Å²) in [5.41, 5.74) is 0. The largest absolute Gasteiger partial charge is 0.465 e. The molecular weight excluding hydrogens is 222 g/mol. The normalized spacial score (nSPS) is 22.7. The van der Waals surface area contributed by atoms with Gasteiger partial charge < -0.3 is 14.8 Å². The number of esters is 1. The second-order valence-electron chi connectivity index (χ2n) is 4.20. The molecule has 1 aliphatic carbocycles. The summed E-state index contributed by atoms with van der Waals surface area (Å²) in [6.07, 6.45) is 2.69. The quantitative estimate of drug-likeness (QED) is 0.674. The Morgan fingerprint density at radius 2 is 1.94 bits per heavy atom. The van der Waals surface area contributed by atoms with Gasteiger partial charge in [-0.05, 0) is 32.6 Å². The van der Waals surface area contributed by atoms with Crippen molar-refractivity contribution >= 4 is 11.9 Å². The summed E-state index contributed by atoms with van der Waals surface area (Å²) >= 11 is 0. The summed E-state index contributed by atoms with van der Waals surface area (Å²) in [5.74, 6) is -0.0756. The lowest BCUT2D eigenvalue weighted by atomic mass is 9.80. The first-order valence-corrected chi connectivity index (χ1v) is 6.19. The Labute approximate surface area is 102 Å². The molecule has 0 saturated heterocycles. The molecule has 0 aromatic carbocycles. The van der Waals surface area contributed by atoms with E-state index in [1.54, 1.807) is 6.92 Å². The van der Waals surface area contributed by atoms with Crippen molar-refractivity contribution in [2.45, 2.75) is 39.2 Å². The van der Waals surface area contributed by atoms with Gasteiger partial charge in [-0.25, -0.2) is 0 Å². The number of amides is 1. The molecule has 0 aromatic heterocycles. The van der Waals surface area contributed by atoms with Crippen LogP contribution in [0, 0.1) is 5.92 Å². The number of nitrogens with one attached hydrogen (secondary N) is 1. The SMILES string of the molecule is CCOC(=O)CNC(=O)CC1CC(OCC)C1. The Morgan fingerprint density at radius 1 is 1.24 bits per heavy atom. The Balaban J connectivity index is 2.05. The highest BCUT2D eigenvalue weighted by Gasteiger charge is 2.30. The van der Waals surface area contributed by atoms with Gasteiger partial charge in [-0.3, -0.25) is 9.59 Å². The molecule has 1 saturated carbocycles. The molecule has 1 fully saturated rings. The molecule has 0 bridgehead atoms. The van der Waals surface area contributed by atoms with E-state index in [0.717, 1.165) is 19.4 Å². The van der Waals surface area contributed by atoms with E-state index >= 15 is 0 Å². The minimum Gasteiger partial charge on any atom is -0.465 e. The average molecular weight is 243 g/mol. The molecule has 1 N–H and O–H groups in total. The molecule has 1 rings (SSSR count). The summed E-state index contributed by atoms with van der Waals surface area (Å²) in [7, 11) is 0. The van der Waals surface area contributed by atoms with E-state index in [1.165, 1.54) is 0 Å². The van der Waals surface area contributed by atoms with Gasteiger partial charge in [-0.2, -0.15) is 0 Å². The van der Waals surface area contributed by atoms with E-state index < -0.39 is 0 Å². The number of hydrogen-bond donors (Lipinski definition) is 1. The Bertz CT molecular complexity index is 261. The van der Waals surface area contributed by atoms with Crippen molar-refractivity contribution in [2.75, 3.05) is 19.8 Å². The maximum absolute atomic E-state index is 11.5. The fourth-order valence-corrected chi connectivity index (χ4v) is 1.93. The molecule has 1 amide bonds. The van der Waals surface area contributed by atoms with Crippen LogP contribution >= 0.6 is 0 Å². The van der Waals surface area contributed by atoms with E-state index in [1.807, 2.05) is 6.92 Å². The van der Waals surface area contributed by atoms with E-state index in [9.17, 15) is 9.59 Å². The van der Waals surface area contributed by atoms with Crippen molar-refractivity contribution in [2.24, 2.45) is 5.92 Å². The minimum atomic E-state index is -0.387. The molecule has 5 heteroatoms. The van der Waals surface area contributed by atoms with Crippen LogP contribution in [0.25, 0.3) is 0 Å². The topological polar surface area (TPSA) is 64.6 Å². The highest BCUT2D eigenvalue weighted by molar-refractivity contribution is 5.82. The van der Waals surface area contributed by atoms with Crippen LogP contribution in [-0.2, 0) is 19.1 Å². The molecule has 0 atom stereocenters. The smallest absolute Gasteiger partial charge is 0.325 e. The summed E-state index contributed by atoms with van der Waals surface area (Å²) in [5, 5.41) is 2.56. The van der Waals surface area contributed by atoms with Gasteiger partial charge in [-0.15, -0.1) is 0 Å². The predicted molar refractivity (Wildman–Crippen MR) is 62.4 cm³/mol. The van der Waals surface area contributed by atoms with E-state index in [2.05, 4.69) is 5.32 Å². The van der Waals surface area contributed by atoms with Gasteiger partial charge in [0.2, 0.25) is 5.91 Å². The van der Waals surface area contributed by atoms with Crippen molar-refractivity contribution in [1.29, 1.82) is 0 Å². The zero-order valence-electron chi connectivity index (χ0n) is 10.5. The van der Waals surface area contributed by atoms with E-state index in [4.69, 9.17) is 9.47 Å². The number of ether oxygens (including phenoxy) is 2. The molecular formula is C12H21NO4. The second kappa shape index (κ2) is 7.27. The molecule has 0 unspecified atom stereocenters. The number of carbonyl (C=O) groups excluding carboxylic acids is 2. The van der Waals surface area contributed by atoms with Gasteiger partial charge in [0.25, 0.3) is 0 Å². The second-order valence-corrected chi connectivity index (χ2v) is 4.20. The van der Waals surface area contributed by atoms with Crippen LogP contribution in [0.3, 0.4) is 0 Å². The number of rotatable bonds is 7. The zero-order chi connectivity index (χ0) is 12.7. The standard InChI is InChI=1S/C12H21NO4/c1-3-16-10-5-9(6-10)7-11(14)13-8-12(15)17-4-2/h9-10H,3-8H2,1-2H3,(H,13,14). The molecule has 17 heavy (non-hydrogen) atoms. The minimum absolute atomic E-state index is 0.0335. The van der Waals surface area contributed by atoms with Crippen LogP contribution in [0.15, 0.2) is 0 Å². The summed E-state index contributed by atoms with van der Waals surface area (Å²) in [6, 6.07) is 0. The van der Waals surface area contributed by atoms with Crippen LogP contribution < -0.4 is 5.32 Å². The first-order chi connectivity index (χ1) is 8.15. The van der Waals surface area contributed by atoms with Crippen molar-refractivity contribution < 1.29 is 19.1 Å². The van der Waals surface area contributed by atoms with Crippen molar-refractivity contribution in [1.82, 2.24) is 5.32 Å². The van der Waals surface area contributed by atoms with Crippen molar-refractivity contribution in [3.63, 3.8) is 0 Å². The third kappa shape index (κ3) is 5.17. The fourth-order valence-electron chi connectivity index (χ4n) is 1.93.